The first-order valence-corrected chi connectivity index (χ1v) is 9.66. The molecule has 0 fully saturated rings. The van der Waals surface area contributed by atoms with Crippen LogP contribution in [0.4, 0.5) is 4.39 Å². The van der Waals surface area contributed by atoms with Crippen molar-refractivity contribution in [2.24, 2.45) is 0 Å². The van der Waals surface area contributed by atoms with Gasteiger partial charge in [0.15, 0.2) is 0 Å². The van der Waals surface area contributed by atoms with E-state index in [2.05, 4.69) is 21.7 Å². The Labute approximate surface area is 167 Å². The van der Waals surface area contributed by atoms with Gasteiger partial charge in [0, 0.05) is 29.9 Å². The van der Waals surface area contributed by atoms with Crippen molar-refractivity contribution in [1.82, 2.24) is 19.7 Å². The van der Waals surface area contributed by atoms with E-state index < -0.39 is 0 Å². The lowest BCUT2D eigenvalue weighted by molar-refractivity contribution is 0.254. The zero-order valence-corrected chi connectivity index (χ0v) is 16.3. The summed E-state index contributed by atoms with van der Waals surface area (Å²) in [7, 11) is 1.66. The van der Waals surface area contributed by atoms with Gasteiger partial charge in [-0.2, -0.15) is 5.10 Å². The number of hydrogen-bond donors (Lipinski definition) is 1. The van der Waals surface area contributed by atoms with Crippen LogP contribution in [-0.2, 0) is 13.0 Å². The SMILES string of the molecule is CCn1c(C2COc3ccc(OC)cc3C2)nc2cc(F)c(-c3cn[nH]c3)cc21. The van der Waals surface area contributed by atoms with Crippen molar-refractivity contribution in [1.29, 1.82) is 0 Å². The number of H-pyrrole nitrogens is 1. The number of aromatic nitrogens is 4. The van der Waals surface area contributed by atoms with E-state index in [1.54, 1.807) is 19.5 Å². The summed E-state index contributed by atoms with van der Waals surface area (Å²) in [5.41, 5.74) is 3.90. The Kier molecular flexibility index (Phi) is 4.23. The highest BCUT2D eigenvalue weighted by Crippen LogP contribution is 2.36. The van der Waals surface area contributed by atoms with Crippen molar-refractivity contribution in [3.8, 4) is 22.6 Å². The lowest BCUT2D eigenvalue weighted by atomic mass is 9.95. The number of aromatic amines is 1. The van der Waals surface area contributed by atoms with Crippen LogP contribution in [0.25, 0.3) is 22.2 Å². The van der Waals surface area contributed by atoms with Crippen LogP contribution in [0, 0.1) is 5.82 Å². The molecule has 2 aromatic heterocycles. The summed E-state index contributed by atoms with van der Waals surface area (Å²) in [5.74, 6) is 2.39. The summed E-state index contributed by atoms with van der Waals surface area (Å²) in [5, 5.41) is 6.68. The predicted octanol–water partition coefficient (Wildman–Crippen LogP) is 4.31. The quantitative estimate of drug-likeness (QED) is 0.562. The molecule has 148 valence electrons. The Morgan fingerprint density at radius 2 is 2.21 bits per heavy atom. The number of hydrogen-bond acceptors (Lipinski definition) is 4. The van der Waals surface area contributed by atoms with Crippen LogP contribution in [-0.4, -0.2) is 33.5 Å². The highest BCUT2D eigenvalue weighted by molar-refractivity contribution is 5.83. The molecular formula is C22H21FN4O2. The highest BCUT2D eigenvalue weighted by atomic mass is 19.1. The van der Waals surface area contributed by atoms with Crippen LogP contribution in [0.1, 0.15) is 24.2 Å². The van der Waals surface area contributed by atoms with Crippen molar-refractivity contribution in [3.63, 3.8) is 0 Å². The van der Waals surface area contributed by atoms with E-state index in [1.807, 2.05) is 24.3 Å². The number of ether oxygens (including phenoxy) is 2. The molecule has 1 aliphatic heterocycles. The second-order valence-electron chi connectivity index (χ2n) is 7.21. The van der Waals surface area contributed by atoms with E-state index in [1.165, 1.54) is 6.07 Å². The third-order valence-corrected chi connectivity index (χ3v) is 5.53. The number of halogens is 1. The van der Waals surface area contributed by atoms with Crippen LogP contribution >= 0.6 is 0 Å². The maximum atomic E-state index is 14.7. The molecule has 7 heteroatoms. The number of aryl methyl sites for hydroxylation is 1. The summed E-state index contributed by atoms with van der Waals surface area (Å²) in [6, 6.07) is 9.22. The molecule has 0 spiro atoms. The van der Waals surface area contributed by atoms with Crippen molar-refractivity contribution in [3.05, 3.63) is 59.9 Å². The summed E-state index contributed by atoms with van der Waals surface area (Å²) in [4.78, 5) is 4.79. The Morgan fingerprint density at radius 1 is 1.31 bits per heavy atom. The van der Waals surface area contributed by atoms with Gasteiger partial charge in [-0.15, -0.1) is 0 Å². The van der Waals surface area contributed by atoms with Crippen LogP contribution in [0.2, 0.25) is 0 Å². The second-order valence-corrected chi connectivity index (χ2v) is 7.21. The largest absolute Gasteiger partial charge is 0.497 e. The normalized spacial score (nSPS) is 15.9. The van der Waals surface area contributed by atoms with Gasteiger partial charge < -0.3 is 14.0 Å². The van der Waals surface area contributed by atoms with E-state index in [-0.39, 0.29) is 11.7 Å². The fourth-order valence-electron chi connectivity index (χ4n) is 4.09. The van der Waals surface area contributed by atoms with Crippen molar-refractivity contribution >= 4 is 11.0 Å². The van der Waals surface area contributed by atoms with E-state index in [9.17, 15) is 4.39 Å². The molecule has 0 aliphatic carbocycles. The van der Waals surface area contributed by atoms with Gasteiger partial charge in [-0.05, 0) is 43.2 Å². The Morgan fingerprint density at radius 3 is 2.97 bits per heavy atom. The zero-order chi connectivity index (χ0) is 20.0. The Bertz CT molecular complexity index is 1180. The minimum atomic E-state index is -0.304. The highest BCUT2D eigenvalue weighted by Gasteiger charge is 2.27. The topological polar surface area (TPSA) is 65.0 Å². The summed E-state index contributed by atoms with van der Waals surface area (Å²) in [6.07, 6.45) is 4.11. The zero-order valence-electron chi connectivity index (χ0n) is 16.3. The standard InChI is InChI=1S/C22H21FN4O2/c1-3-27-20-8-17(15-10-24-25-11-15)18(23)9-19(20)26-22(27)14-6-13-7-16(28-2)4-5-21(13)29-12-14/h4-5,7-11,14H,3,6,12H2,1-2H3,(H,24,25). The van der Waals surface area contributed by atoms with E-state index in [4.69, 9.17) is 14.5 Å². The van der Waals surface area contributed by atoms with E-state index in [0.29, 0.717) is 17.7 Å². The minimum Gasteiger partial charge on any atom is -0.497 e. The van der Waals surface area contributed by atoms with Crippen LogP contribution < -0.4 is 9.47 Å². The molecule has 5 rings (SSSR count). The molecule has 1 N–H and O–H groups in total. The molecule has 4 aromatic rings. The third kappa shape index (κ3) is 2.93. The molecule has 1 atom stereocenters. The Balaban J connectivity index is 1.58. The molecule has 29 heavy (non-hydrogen) atoms. The average molecular weight is 392 g/mol. The van der Waals surface area contributed by atoms with Gasteiger partial charge in [0.25, 0.3) is 0 Å². The molecule has 1 aliphatic rings. The van der Waals surface area contributed by atoms with Crippen LogP contribution in [0.5, 0.6) is 11.5 Å². The van der Waals surface area contributed by atoms with Gasteiger partial charge in [0.2, 0.25) is 0 Å². The first kappa shape index (κ1) is 17.7. The second kappa shape index (κ2) is 6.92. The molecule has 6 nitrogen and oxygen atoms in total. The van der Waals surface area contributed by atoms with Crippen molar-refractivity contribution < 1.29 is 13.9 Å². The fraction of sp³-hybridized carbons (Fsp3) is 0.273. The van der Waals surface area contributed by atoms with E-state index in [0.717, 1.165) is 46.9 Å². The van der Waals surface area contributed by atoms with Crippen LogP contribution in [0.3, 0.4) is 0 Å². The number of imidazole rings is 1. The van der Waals surface area contributed by atoms with Crippen molar-refractivity contribution in [2.75, 3.05) is 13.7 Å². The summed E-state index contributed by atoms with van der Waals surface area (Å²) >= 11 is 0. The van der Waals surface area contributed by atoms with Gasteiger partial charge in [-0.3, -0.25) is 5.10 Å². The maximum absolute atomic E-state index is 14.7. The summed E-state index contributed by atoms with van der Waals surface area (Å²) in [6.45, 7) is 3.36. The van der Waals surface area contributed by atoms with Crippen LogP contribution in [0.15, 0.2) is 42.7 Å². The molecule has 0 bridgehead atoms. The molecule has 0 amide bonds. The average Bonchev–Trinajstić information content (AvgIpc) is 3.39. The van der Waals surface area contributed by atoms with Gasteiger partial charge in [0.05, 0.1) is 36.9 Å². The number of nitrogens with zero attached hydrogens (tertiary/aromatic N) is 3. The first-order valence-electron chi connectivity index (χ1n) is 9.66. The molecule has 0 saturated heterocycles. The smallest absolute Gasteiger partial charge is 0.133 e. The number of benzene rings is 2. The number of methoxy groups -OCH3 is 1. The molecule has 0 saturated carbocycles. The van der Waals surface area contributed by atoms with Crippen molar-refractivity contribution in [2.45, 2.75) is 25.8 Å². The predicted molar refractivity (Wildman–Crippen MR) is 108 cm³/mol. The van der Waals surface area contributed by atoms with Gasteiger partial charge in [-0.25, -0.2) is 9.37 Å². The number of fused-ring (bicyclic) bond motifs is 2. The molecule has 1 unspecified atom stereocenters. The first-order chi connectivity index (χ1) is 14.2. The van der Waals surface area contributed by atoms with Gasteiger partial charge >= 0.3 is 0 Å². The third-order valence-electron chi connectivity index (χ3n) is 5.53. The summed E-state index contributed by atoms with van der Waals surface area (Å²) < 4.78 is 28.2. The molecular weight excluding hydrogens is 371 g/mol. The fourth-order valence-corrected chi connectivity index (χ4v) is 4.09. The molecule has 3 heterocycles. The van der Waals surface area contributed by atoms with E-state index >= 15 is 0 Å². The van der Waals surface area contributed by atoms with Gasteiger partial charge in [0.1, 0.15) is 23.1 Å². The lowest BCUT2D eigenvalue weighted by Gasteiger charge is -2.25. The minimum absolute atomic E-state index is 0.0855. The molecule has 0 radical (unpaired) electrons. The Hall–Kier alpha value is -3.35. The number of nitrogens with one attached hydrogen (secondary N) is 1. The number of rotatable bonds is 4. The van der Waals surface area contributed by atoms with Gasteiger partial charge in [-0.1, -0.05) is 0 Å². The lowest BCUT2D eigenvalue weighted by Crippen LogP contribution is -2.22. The maximum Gasteiger partial charge on any atom is 0.133 e. The monoisotopic (exact) mass is 392 g/mol. The molecule has 2 aromatic carbocycles.